The van der Waals surface area contributed by atoms with Crippen molar-refractivity contribution in [1.29, 1.82) is 0 Å². The quantitative estimate of drug-likeness (QED) is 0.520. The number of halogens is 2. The zero-order valence-electron chi connectivity index (χ0n) is 13.9. The summed E-state index contributed by atoms with van der Waals surface area (Å²) in [6.07, 6.45) is 1.55. The molecular weight excluding hydrogens is 359 g/mol. The molecule has 2 aromatic rings. The van der Waals surface area contributed by atoms with E-state index in [2.05, 4.69) is 5.32 Å². The van der Waals surface area contributed by atoms with E-state index in [1.807, 2.05) is 48.5 Å². The minimum atomic E-state index is -0.667. The zero-order valence-corrected chi connectivity index (χ0v) is 15.4. The summed E-state index contributed by atoms with van der Waals surface area (Å²) in [4.78, 5) is 11.7. The van der Waals surface area contributed by atoms with Crippen LogP contribution in [0.1, 0.15) is 24.0 Å². The van der Waals surface area contributed by atoms with Crippen LogP contribution in [0.15, 0.2) is 48.5 Å². The van der Waals surface area contributed by atoms with Gasteiger partial charge in [-0.3, -0.25) is 5.73 Å². The Balaban J connectivity index is 1.63. The third-order valence-electron chi connectivity index (χ3n) is 3.76. The number of nitrogens with two attached hydrogens (primary N) is 1. The van der Waals surface area contributed by atoms with E-state index >= 15 is 0 Å². The van der Waals surface area contributed by atoms with Gasteiger partial charge in [0.25, 0.3) is 0 Å². The fourth-order valence-corrected chi connectivity index (χ4v) is 2.87. The maximum absolute atomic E-state index is 11.7. The highest BCUT2D eigenvalue weighted by atomic mass is 35.5. The van der Waals surface area contributed by atoms with Crippen LogP contribution >= 0.6 is 23.2 Å². The van der Waals surface area contributed by atoms with E-state index in [4.69, 9.17) is 33.7 Å². The van der Waals surface area contributed by atoms with Crippen LogP contribution in [0.3, 0.4) is 0 Å². The molecule has 0 aliphatic rings. The van der Waals surface area contributed by atoms with Crippen LogP contribution in [0.25, 0.3) is 0 Å². The molecule has 3 N–H and O–H groups in total. The van der Waals surface area contributed by atoms with E-state index in [0.717, 1.165) is 29.0 Å². The largest absolute Gasteiger partial charge is 0.431 e. The van der Waals surface area contributed by atoms with Crippen LogP contribution in [-0.2, 0) is 17.6 Å². The Morgan fingerprint density at radius 3 is 2.16 bits per heavy atom. The Kier molecular flexibility index (Phi) is 8.06. The molecule has 1 atom stereocenters. The lowest BCUT2D eigenvalue weighted by Gasteiger charge is -2.14. The molecular formula is C19H22Cl2N2O2. The van der Waals surface area contributed by atoms with Gasteiger partial charge in [-0.25, -0.2) is 4.79 Å². The molecule has 0 spiro atoms. The lowest BCUT2D eigenvalue weighted by atomic mass is 10.1. The first kappa shape index (κ1) is 19.6. The van der Waals surface area contributed by atoms with Gasteiger partial charge in [-0.2, -0.15) is 0 Å². The summed E-state index contributed by atoms with van der Waals surface area (Å²) >= 11 is 12.2. The van der Waals surface area contributed by atoms with Gasteiger partial charge in [-0.05, 0) is 42.5 Å². The van der Waals surface area contributed by atoms with Crippen LogP contribution in [0.2, 0.25) is 10.0 Å². The molecule has 0 aliphatic carbocycles. The highest BCUT2D eigenvalue weighted by Crippen LogP contribution is 2.17. The number of hydrogen-bond donors (Lipinski definition) is 2. The Morgan fingerprint density at radius 1 is 1.00 bits per heavy atom. The third-order valence-corrected chi connectivity index (χ3v) is 4.50. The Labute approximate surface area is 158 Å². The summed E-state index contributed by atoms with van der Waals surface area (Å²) in [7, 11) is 0. The molecule has 134 valence electrons. The number of benzene rings is 2. The van der Waals surface area contributed by atoms with Crippen LogP contribution in [0, 0.1) is 0 Å². The lowest BCUT2D eigenvalue weighted by Crippen LogP contribution is -2.34. The molecule has 25 heavy (non-hydrogen) atoms. The van der Waals surface area contributed by atoms with Gasteiger partial charge in [0, 0.05) is 23.0 Å². The van der Waals surface area contributed by atoms with E-state index in [-0.39, 0.29) is 0 Å². The second-order valence-corrected chi connectivity index (χ2v) is 6.51. The second kappa shape index (κ2) is 10.3. The number of aryl methyl sites for hydroxylation is 2. The highest BCUT2D eigenvalue weighted by Gasteiger charge is 2.10. The molecule has 2 aromatic carbocycles. The molecule has 1 amide bonds. The number of carbonyl (C=O) groups excluding carboxylic acids is 1. The molecule has 0 bridgehead atoms. The van der Waals surface area contributed by atoms with Crippen molar-refractivity contribution in [3.8, 4) is 0 Å². The molecule has 0 heterocycles. The molecule has 4 nitrogen and oxygen atoms in total. The first-order valence-corrected chi connectivity index (χ1v) is 8.98. The predicted octanol–water partition coefficient (Wildman–Crippen LogP) is 4.57. The van der Waals surface area contributed by atoms with Gasteiger partial charge < -0.3 is 10.1 Å². The van der Waals surface area contributed by atoms with Gasteiger partial charge in [0.2, 0.25) is 0 Å². The summed E-state index contributed by atoms with van der Waals surface area (Å²) in [6, 6.07) is 15.2. The normalized spacial score (nSPS) is 11.8. The summed E-state index contributed by atoms with van der Waals surface area (Å²) in [5.41, 5.74) is 7.90. The number of alkyl carbamates (subject to hydrolysis) is 1. The van der Waals surface area contributed by atoms with Crippen LogP contribution in [0.4, 0.5) is 4.79 Å². The average molecular weight is 381 g/mol. The fourth-order valence-electron chi connectivity index (χ4n) is 2.41. The van der Waals surface area contributed by atoms with E-state index in [1.165, 1.54) is 0 Å². The van der Waals surface area contributed by atoms with Crippen molar-refractivity contribution in [2.75, 3.05) is 6.54 Å². The number of ether oxygens (including phenoxy) is 1. The minimum Gasteiger partial charge on any atom is -0.431 e. The topological polar surface area (TPSA) is 64.3 Å². The monoisotopic (exact) mass is 380 g/mol. The predicted molar refractivity (Wildman–Crippen MR) is 102 cm³/mol. The molecule has 0 saturated heterocycles. The SMILES string of the molecule is NC(CCc1ccccc1Cl)OC(=O)NCCCc1ccccc1Cl. The summed E-state index contributed by atoms with van der Waals surface area (Å²) < 4.78 is 5.15. The number of carbonyl (C=O) groups is 1. The van der Waals surface area contributed by atoms with Gasteiger partial charge in [0.1, 0.15) is 0 Å². The molecule has 0 aromatic heterocycles. The summed E-state index contributed by atoms with van der Waals surface area (Å²) in [5.74, 6) is 0. The van der Waals surface area contributed by atoms with Gasteiger partial charge in [0.05, 0.1) is 0 Å². The molecule has 1 unspecified atom stereocenters. The molecule has 0 aliphatic heterocycles. The highest BCUT2D eigenvalue weighted by molar-refractivity contribution is 6.31. The molecule has 0 fully saturated rings. The van der Waals surface area contributed by atoms with E-state index in [1.54, 1.807) is 0 Å². The minimum absolute atomic E-state index is 0.501. The summed E-state index contributed by atoms with van der Waals surface area (Å²) in [6.45, 7) is 0.501. The van der Waals surface area contributed by atoms with Gasteiger partial charge in [0.15, 0.2) is 6.23 Å². The molecule has 6 heteroatoms. The smallest absolute Gasteiger partial charge is 0.408 e. The number of rotatable bonds is 8. The van der Waals surface area contributed by atoms with Crippen LogP contribution < -0.4 is 11.1 Å². The third kappa shape index (κ3) is 6.94. The van der Waals surface area contributed by atoms with E-state index in [0.29, 0.717) is 24.4 Å². The summed E-state index contributed by atoms with van der Waals surface area (Å²) in [5, 5.41) is 4.14. The van der Waals surface area contributed by atoms with Crippen molar-refractivity contribution in [3.63, 3.8) is 0 Å². The van der Waals surface area contributed by atoms with E-state index in [9.17, 15) is 4.79 Å². The van der Waals surface area contributed by atoms with Crippen molar-refractivity contribution in [2.24, 2.45) is 5.73 Å². The van der Waals surface area contributed by atoms with Gasteiger partial charge in [-0.15, -0.1) is 0 Å². The molecule has 0 radical (unpaired) electrons. The number of amides is 1. The fraction of sp³-hybridized carbons (Fsp3) is 0.316. The van der Waals surface area contributed by atoms with Gasteiger partial charge in [-0.1, -0.05) is 59.6 Å². The number of nitrogens with one attached hydrogen (secondary N) is 1. The molecule has 0 saturated carbocycles. The average Bonchev–Trinajstić information content (AvgIpc) is 2.59. The van der Waals surface area contributed by atoms with Crippen molar-refractivity contribution in [2.45, 2.75) is 31.9 Å². The van der Waals surface area contributed by atoms with Crippen molar-refractivity contribution in [1.82, 2.24) is 5.32 Å². The van der Waals surface area contributed by atoms with Crippen molar-refractivity contribution >= 4 is 29.3 Å². The number of hydrogen-bond acceptors (Lipinski definition) is 3. The van der Waals surface area contributed by atoms with Gasteiger partial charge >= 0.3 is 6.09 Å². The Morgan fingerprint density at radius 2 is 1.56 bits per heavy atom. The first-order valence-electron chi connectivity index (χ1n) is 8.23. The lowest BCUT2D eigenvalue weighted by molar-refractivity contribution is 0.0961. The zero-order chi connectivity index (χ0) is 18.1. The maximum atomic E-state index is 11.7. The van der Waals surface area contributed by atoms with Crippen molar-refractivity contribution < 1.29 is 9.53 Å². The maximum Gasteiger partial charge on any atom is 0.408 e. The van der Waals surface area contributed by atoms with Crippen molar-refractivity contribution in [3.05, 3.63) is 69.7 Å². The first-order chi connectivity index (χ1) is 12.1. The van der Waals surface area contributed by atoms with E-state index < -0.39 is 12.3 Å². The second-order valence-electron chi connectivity index (χ2n) is 5.70. The van der Waals surface area contributed by atoms with Crippen LogP contribution in [-0.4, -0.2) is 18.9 Å². The Hall–Kier alpha value is -1.75. The van der Waals surface area contributed by atoms with Crippen LogP contribution in [0.5, 0.6) is 0 Å². The molecule has 2 rings (SSSR count). The standard InChI is InChI=1S/C19H22Cl2N2O2/c20-16-9-3-1-6-14(16)8-5-13-23-19(24)25-18(22)12-11-15-7-2-4-10-17(15)21/h1-4,6-7,9-10,18H,5,8,11-13,22H2,(H,23,24). The Bertz CT molecular complexity index is 695.